The van der Waals surface area contributed by atoms with Crippen molar-refractivity contribution in [3.8, 4) is 11.5 Å². The highest BCUT2D eigenvalue weighted by atomic mass is 127. The fraction of sp³-hybridized carbons (Fsp3) is 0.0909. The van der Waals surface area contributed by atoms with E-state index in [4.69, 9.17) is 4.42 Å². The SMILES string of the molecule is Cc1ccc(C(=O)Nc2ccc3oc(-c4cccc(I)c4)nc3c2)c(C)c1. The second-order valence-electron chi connectivity index (χ2n) is 6.48. The number of nitrogens with one attached hydrogen (secondary N) is 1. The van der Waals surface area contributed by atoms with Gasteiger partial charge in [-0.1, -0.05) is 23.8 Å². The summed E-state index contributed by atoms with van der Waals surface area (Å²) in [5.74, 6) is 0.439. The molecule has 4 aromatic rings. The number of carbonyl (C=O) groups is 1. The molecule has 1 amide bonds. The van der Waals surface area contributed by atoms with Crippen molar-refractivity contribution < 1.29 is 9.21 Å². The maximum absolute atomic E-state index is 12.6. The van der Waals surface area contributed by atoms with Gasteiger partial charge in [-0.25, -0.2) is 4.98 Å². The summed E-state index contributed by atoms with van der Waals surface area (Å²) in [5, 5.41) is 2.95. The Morgan fingerprint density at radius 2 is 1.89 bits per heavy atom. The number of nitrogens with zero attached hydrogens (tertiary/aromatic N) is 1. The Morgan fingerprint density at radius 1 is 1.04 bits per heavy atom. The zero-order chi connectivity index (χ0) is 19.0. The Balaban J connectivity index is 1.62. The number of anilines is 1. The highest BCUT2D eigenvalue weighted by molar-refractivity contribution is 14.1. The van der Waals surface area contributed by atoms with E-state index in [1.165, 1.54) is 0 Å². The number of aryl methyl sites for hydroxylation is 2. The van der Waals surface area contributed by atoms with E-state index in [2.05, 4.69) is 32.9 Å². The standard InChI is InChI=1S/C22H17IN2O2/c1-13-6-8-18(14(2)10-13)21(26)24-17-7-9-20-19(12-17)25-22(27-20)15-4-3-5-16(23)11-15/h3-12H,1-2H3,(H,24,26). The summed E-state index contributed by atoms with van der Waals surface area (Å²) in [6.07, 6.45) is 0. The molecule has 1 heterocycles. The number of halogens is 1. The van der Waals surface area contributed by atoms with Crippen molar-refractivity contribution >= 4 is 45.3 Å². The molecule has 0 saturated carbocycles. The van der Waals surface area contributed by atoms with Crippen LogP contribution in [0.1, 0.15) is 21.5 Å². The van der Waals surface area contributed by atoms with Crippen molar-refractivity contribution in [2.45, 2.75) is 13.8 Å². The molecular formula is C22H17IN2O2. The average Bonchev–Trinajstić information content (AvgIpc) is 3.05. The van der Waals surface area contributed by atoms with Crippen LogP contribution in [-0.2, 0) is 0 Å². The minimum absolute atomic E-state index is 0.131. The number of aromatic nitrogens is 1. The van der Waals surface area contributed by atoms with E-state index in [0.29, 0.717) is 28.2 Å². The van der Waals surface area contributed by atoms with E-state index < -0.39 is 0 Å². The summed E-state index contributed by atoms with van der Waals surface area (Å²) < 4.78 is 6.98. The second-order valence-corrected chi connectivity index (χ2v) is 7.73. The van der Waals surface area contributed by atoms with Gasteiger partial charge in [-0.2, -0.15) is 0 Å². The molecule has 1 aromatic heterocycles. The minimum Gasteiger partial charge on any atom is -0.436 e. The third-order valence-corrected chi connectivity index (χ3v) is 5.01. The number of amides is 1. The van der Waals surface area contributed by atoms with Crippen LogP contribution in [0.15, 0.2) is 65.1 Å². The molecular weight excluding hydrogens is 451 g/mol. The van der Waals surface area contributed by atoms with E-state index in [-0.39, 0.29) is 5.91 Å². The van der Waals surface area contributed by atoms with E-state index in [1.54, 1.807) is 0 Å². The van der Waals surface area contributed by atoms with Gasteiger partial charge in [-0.3, -0.25) is 4.79 Å². The Bertz CT molecular complexity index is 1160. The molecule has 0 saturated heterocycles. The highest BCUT2D eigenvalue weighted by Crippen LogP contribution is 2.27. The molecule has 134 valence electrons. The Kier molecular flexibility index (Phi) is 4.70. The molecule has 4 rings (SSSR count). The van der Waals surface area contributed by atoms with Gasteiger partial charge in [0.15, 0.2) is 5.58 Å². The quantitative estimate of drug-likeness (QED) is 0.377. The average molecular weight is 468 g/mol. The molecule has 0 aliphatic carbocycles. The molecule has 0 bridgehead atoms. The molecule has 4 nitrogen and oxygen atoms in total. The lowest BCUT2D eigenvalue weighted by Crippen LogP contribution is -2.13. The smallest absolute Gasteiger partial charge is 0.255 e. The topological polar surface area (TPSA) is 55.1 Å². The van der Waals surface area contributed by atoms with Crippen LogP contribution in [0, 0.1) is 17.4 Å². The first kappa shape index (κ1) is 17.7. The summed E-state index contributed by atoms with van der Waals surface area (Å²) in [6.45, 7) is 3.95. The van der Waals surface area contributed by atoms with Crippen molar-refractivity contribution in [3.05, 3.63) is 80.9 Å². The molecule has 1 N–H and O–H groups in total. The number of hydrogen-bond donors (Lipinski definition) is 1. The molecule has 0 unspecified atom stereocenters. The lowest BCUT2D eigenvalue weighted by atomic mass is 10.1. The zero-order valence-corrected chi connectivity index (χ0v) is 17.1. The number of carbonyl (C=O) groups excluding carboxylic acids is 1. The van der Waals surface area contributed by atoms with Gasteiger partial charge in [-0.05, 0) is 84.5 Å². The van der Waals surface area contributed by atoms with Gasteiger partial charge < -0.3 is 9.73 Å². The van der Waals surface area contributed by atoms with Crippen LogP contribution in [-0.4, -0.2) is 10.9 Å². The van der Waals surface area contributed by atoms with Gasteiger partial charge in [0.25, 0.3) is 5.91 Å². The molecule has 0 aliphatic heterocycles. The van der Waals surface area contributed by atoms with Crippen LogP contribution < -0.4 is 5.32 Å². The predicted octanol–water partition coefficient (Wildman–Crippen LogP) is 5.97. The van der Waals surface area contributed by atoms with Gasteiger partial charge in [-0.15, -0.1) is 0 Å². The van der Waals surface area contributed by atoms with Gasteiger partial charge in [0.1, 0.15) is 5.52 Å². The maximum atomic E-state index is 12.6. The number of fused-ring (bicyclic) bond motifs is 1. The van der Waals surface area contributed by atoms with Crippen molar-refractivity contribution in [3.63, 3.8) is 0 Å². The van der Waals surface area contributed by atoms with Crippen LogP contribution in [0.2, 0.25) is 0 Å². The van der Waals surface area contributed by atoms with Gasteiger partial charge in [0.2, 0.25) is 5.89 Å². The first-order valence-corrected chi connectivity index (χ1v) is 9.62. The molecule has 3 aromatic carbocycles. The first-order valence-electron chi connectivity index (χ1n) is 8.55. The summed E-state index contributed by atoms with van der Waals surface area (Å²) >= 11 is 2.26. The predicted molar refractivity (Wildman–Crippen MR) is 116 cm³/mol. The van der Waals surface area contributed by atoms with Crippen LogP contribution in [0.25, 0.3) is 22.6 Å². The Hall–Kier alpha value is -2.67. The highest BCUT2D eigenvalue weighted by Gasteiger charge is 2.12. The second kappa shape index (κ2) is 7.15. The molecule has 0 spiro atoms. The molecule has 5 heteroatoms. The third kappa shape index (κ3) is 3.73. The van der Waals surface area contributed by atoms with Gasteiger partial charge in [0.05, 0.1) is 0 Å². The fourth-order valence-electron chi connectivity index (χ4n) is 3.02. The lowest BCUT2D eigenvalue weighted by molar-refractivity contribution is 0.102. The monoisotopic (exact) mass is 468 g/mol. The summed E-state index contributed by atoms with van der Waals surface area (Å²) in [5.41, 5.74) is 5.78. The number of rotatable bonds is 3. The van der Waals surface area contributed by atoms with Crippen LogP contribution >= 0.6 is 22.6 Å². The summed E-state index contributed by atoms with van der Waals surface area (Å²) in [7, 11) is 0. The van der Waals surface area contributed by atoms with E-state index >= 15 is 0 Å². The number of oxazole rings is 1. The van der Waals surface area contributed by atoms with Crippen molar-refractivity contribution in [2.75, 3.05) is 5.32 Å². The van der Waals surface area contributed by atoms with Crippen LogP contribution in [0.3, 0.4) is 0 Å². The Morgan fingerprint density at radius 3 is 2.67 bits per heavy atom. The summed E-state index contributed by atoms with van der Waals surface area (Å²) in [4.78, 5) is 17.2. The van der Waals surface area contributed by atoms with Gasteiger partial charge in [0, 0.05) is 20.4 Å². The molecule has 0 atom stereocenters. The summed E-state index contributed by atoms with van der Waals surface area (Å²) in [6, 6.07) is 19.3. The first-order chi connectivity index (χ1) is 13.0. The van der Waals surface area contributed by atoms with Crippen molar-refractivity contribution in [1.82, 2.24) is 4.98 Å². The lowest BCUT2D eigenvalue weighted by Gasteiger charge is -2.08. The number of hydrogen-bond acceptors (Lipinski definition) is 3. The van der Waals surface area contributed by atoms with Crippen molar-refractivity contribution in [2.24, 2.45) is 0 Å². The maximum Gasteiger partial charge on any atom is 0.255 e. The molecule has 0 fully saturated rings. The van der Waals surface area contributed by atoms with Crippen LogP contribution in [0.5, 0.6) is 0 Å². The minimum atomic E-state index is -0.131. The normalized spacial score (nSPS) is 10.9. The number of benzene rings is 3. The van der Waals surface area contributed by atoms with E-state index in [1.807, 2.05) is 74.5 Å². The zero-order valence-electron chi connectivity index (χ0n) is 14.9. The van der Waals surface area contributed by atoms with E-state index in [9.17, 15) is 4.79 Å². The van der Waals surface area contributed by atoms with E-state index in [0.717, 1.165) is 20.3 Å². The molecule has 0 aliphatic rings. The molecule has 0 radical (unpaired) electrons. The van der Waals surface area contributed by atoms with Crippen LogP contribution in [0.4, 0.5) is 5.69 Å². The van der Waals surface area contributed by atoms with Crippen molar-refractivity contribution in [1.29, 1.82) is 0 Å². The van der Waals surface area contributed by atoms with Gasteiger partial charge >= 0.3 is 0 Å². The largest absolute Gasteiger partial charge is 0.436 e. The fourth-order valence-corrected chi connectivity index (χ4v) is 3.56. The third-order valence-electron chi connectivity index (χ3n) is 4.34. The Labute approximate surface area is 170 Å². The molecule has 27 heavy (non-hydrogen) atoms.